The standard InChI is InChI=1S/C28H23Cl3N2O5/c1-4-37-24-13-18(12-23(31)25(24)38-14-17-6-8-21(29)22(30)11-17)10-20-26(34)32-28(36)33(27(20)35)19-7-5-15(2)16(3)9-19/h5-13H,4,14H2,1-3H3,(H,32,34,36)/b20-10+. The fourth-order valence-electron chi connectivity index (χ4n) is 3.78. The van der Waals surface area contributed by atoms with Crippen LogP contribution in [0.3, 0.4) is 0 Å². The van der Waals surface area contributed by atoms with Crippen molar-refractivity contribution in [3.05, 3.63) is 91.4 Å². The van der Waals surface area contributed by atoms with Gasteiger partial charge in [0.2, 0.25) is 0 Å². The van der Waals surface area contributed by atoms with Crippen LogP contribution in [0, 0.1) is 13.8 Å². The molecule has 196 valence electrons. The molecule has 0 spiro atoms. The third-order valence-electron chi connectivity index (χ3n) is 5.86. The van der Waals surface area contributed by atoms with Gasteiger partial charge in [0.05, 0.1) is 27.4 Å². The normalized spacial score (nSPS) is 14.6. The number of carbonyl (C=O) groups excluding carboxylic acids is 3. The van der Waals surface area contributed by atoms with Crippen molar-refractivity contribution in [2.75, 3.05) is 11.5 Å². The number of nitrogens with zero attached hydrogens (tertiary/aromatic N) is 1. The van der Waals surface area contributed by atoms with Crippen molar-refractivity contribution >= 4 is 64.4 Å². The Hall–Kier alpha value is -3.52. The van der Waals surface area contributed by atoms with Crippen molar-refractivity contribution in [2.45, 2.75) is 27.4 Å². The molecule has 1 aliphatic rings. The van der Waals surface area contributed by atoms with E-state index in [0.717, 1.165) is 21.6 Å². The second kappa shape index (κ2) is 11.5. The highest BCUT2D eigenvalue weighted by Crippen LogP contribution is 2.38. The smallest absolute Gasteiger partial charge is 0.335 e. The number of hydrogen-bond acceptors (Lipinski definition) is 5. The van der Waals surface area contributed by atoms with Gasteiger partial charge in [0.25, 0.3) is 11.8 Å². The first-order valence-corrected chi connectivity index (χ1v) is 12.7. The van der Waals surface area contributed by atoms with Crippen molar-refractivity contribution < 1.29 is 23.9 Å². The minimum absolute atomic E-state index is 0.144. The number of ether oxygens (including phenoxy) is 2. The molecule has 0 aliphatic carbocycles. The third kappa shape index (κ3) is 5.80. The van der Waals surface area contributed by atoms with Gasteiger partial charge in [-0.15, -0.1) is 0 Å². The number of hydrogen-bond donors (Lipinski definition) is 1. The second-order valence-electron chi connectivity index (χ2n) is 8.53. The quantitative estimate of drug-likeness (QED) is 0.245. The second-order valence-corrected chi connectivity index (χ2v) is 9.75. The van der Waals surface area contributed by atoms with Gasteiger partial charge in [-0.1, -0.05) is 46.9 Å². The first-order valence-electron chi connectivity index (χ1n) is 11.6. The number of nitrogens with one attached hydrogen (secondary N) is 1. The van der Waals surface area contributed by atoms with E-state index in [1.165, 1.54) is 6.08 Å². The molecule has 3 aromatic rings. The summed E-state index contributed by atoms with van der Waals surface area (Å²) in [5.41, 5.74) is 3.21. The zero-order valence-electron chi connectivity index (χ0n) is 20.7. The molecule has 0 unspecified atom stereocenters. The average Bonchev–Trinajstić information content (AvgIpc) is 2.85. The summed E-state index contributed by atoms with van der Waals surface area (Å²) < 4.78 is 11.6. The molecule has 4 amide bonds. The van der Waals surface area contributed by atoms with Gasteiger partial charge in [-0.2, -0.15) is 0 Å². The van der Waals surface area contributed by atoms with Gasteiger partial charge in [0.1, 0.15) is 12.2 Å². The van der Waals surface area contributed by atoms with E-state index in [4.69, 9.17) is 44.3 Å². The summed E-state index contributed by atoms with van der Waals surface area (Å²) in [6.07, 6.45) is 1.36. The van der Waals surface area contributed by atoms with E-state index >= 15 is 0 Å². The first-order chi connectivity index (χ1) is 18.1. The molecule has 1 aliphatic heterocycles. The number of benzene rings is 3. The molecule has 0 atom stereocenters. The number of barbiturate groups is 1. The summed E-state index contributed by atoms with van der Waals surface area (Å²) in [4.78, 5) is 39.4. The monoisotopic (exact) mass is 572 g/mol. The van der Waals surface area contributed by atoms with Gasteiger partial charge in [-0.05, 0) is 85.5 Å². The SMILES string of the molecule is CCOc1cc(/C=C2\C(=O)NC(=O)N(c3ccc(C)c(C)c3)C2=O)cc(Cl)c1OCc1ccc(Cl)c(Cl)c1. The molecule has 10 heteroatoms. The number of carbonyl (C=O) groups is 3. The Labute approximate surface area is 234 Å². The van der Waals surface area contributed by atoms with E-state index in [0.29, 0.717) is 33.7 Å². The number of halogens is 3. The fourth-order valence-corrected chi connectivity index (χ4v) is 4.38. The lowest BCUT2D eigenvalue weighted by molar-refractivity contribution is -0.122. The summed E-state index contributed by atoms with van der Waals surface area (Å²) in [6.45, 7) is 6.05. The van der Waals surface area contributed by atoms with Crippen LogP contribution in [0.4, 0.5) is 10.5 Å². The Bertz CT molecular complexity index is 1490. The Balaban J connectivity index is 1.66. The van der Waals surface area contributed by atoms with Crippen molar-refractivity contribution in [1.82, 2.24) is 5.32 Å². The van der Waals surface area contributed by atoms with Crippen LogP contribution in [-0.2, 0) is 16.2 Å². The van der Waals surface area contributed by atoms with Gasteiger partial charge in [0.15, 0.2) is 11.5 Å². The lowest BCUT2D eigenvalue weighted by Crippen LogP contribution is -2.54. The Kier molecular flexibility index (Phi) is 8.31. The van der Waals surface area contributed by atoms with Crippen molar-refractivity contribution in [2.24, 2.45) is 0 Å². The maximum absolute atomic E-state index is 13.3. The maximum atomic E-state index is 13.3. The van der Waals surface area contributed by atoms with E-state index in [1.807, 2.05) is 13.8 Å². The molecule has 0 saturated carbocycles. The summed E-state index contributed by atoms with van der Waals surface area (Å²) in [5, 5.41) is 3.26. The van der Waals surface area contributed by atoms with Crippen LogP contribution >= 0.6 is 34.8 Å². The van der Waals surface area contributed by atoms with Crippen LogP contribution in [0.1, 0.15) is 29.2 Å². The molecule has 7 nitrogen and oxygen atoms in total. The number of anilines is 1. The molecule has 1 heterocycles. The lowest BCUT2D eigenvalue weighted by atomic mass is 10.0. The van der Waals surface area contributed by atoms with Gasteiger partial charge in [-0.3, -0.25) is 14.9 Å². The zero-order chi connectivity index (χ0) is 27.6. The highest BCUT2D eigenvalue weighted by atomic mass is 35.5. The molecule has 0 radical (unpaired) electrons. The van der Waals surface area contributed by atoms with Gasteiger partial charge in [0, 0.05) is 0 Å². The van der Waals surface area contributed by atoms with Crippen LogP contribution in [0.5, 0.6) is 11.5 Å². The molecule has 1 fully saturated rings. The molecule has 0 aromatic heterocycles. The minimum atomic E-state index is -0.820. The van der Waals surface area contributed by atoms with Crippen LogP contribution in [0.25, 0.3) is 6.08 Å². The minimum Gasteiger partial charge on any atom is -0.490 e. The van der Waals surface area contributed by atoms with Crippen molar-refractivity contribution in [1.29, 1.82) is 0 Å². The largest absolute Gasteiger partial charge is 0.490 e. The predicted octanol–water partition coefficient (Wildman–Crippen LogP) is 6.91. The summed E-state index contributed by atoms with van der Waals surface area (Å²) >= 11 is 18.6. The Morgan fingerprint density at radius 3 is 2.32 bits per heavy atom. The van der Waals surface area contributed by atoms with Crippen LogP contribution in [0.2, 0.25) is 15.1 Å². The van der Waals surface area contributed by atoms with E-state index in [-0.39, 0.29) is 23.0 Å². The van der Waals surface area contributed by atoms with Gasteiger partial charge in [-0.25, -0.2) is 9.69 Å². The number of imide groups is 2. The Morgan fingerprint density at radius 2 is 1.63 bits per heavy atom. The van der Waals surface area contributed by atoms with E-state index in [1.54, 1.807) is 55.5 Å². The fraction of sp³-hybridized carbons (Fsp3) is 0.179. The summed E-state index contributed by atoms with van der Waals surface area (Å²) in [7, 11) is 0. The first kappa shape index (κ1) is 27.5. The van der Waals surface area contributed by atoms with E-state index in [9.17, 15) is 14.4 Å². The number of rotatable bonds is 7. The molecule has 4 rings (SSSR count). The van der Waals surface area contributed by atoms with Gasteiger partial charge < -0.3 is 9.47 Å². The lowest BCUT2D eigenvalue weighted by Gasteiger charge is -2.27. The molecular formula is C28H23Cl3N2O5. The van der Waals surface area contributed by atoms with Gasteiger partial charge >= 0.3 is 6.03 Å². The highest BCUT2D eigenvalue weighted by Gasteiger charge is 2.37. The summed E-state index contributed by atoms with van der Waals surface area (Å²) in [6, 6.07) is 12.6. The van der Waals surface area contributed by atoms with Crippen LogP contribution in [0.15, 0.2) is 54.1 Å². The predicted molar refractivity (Wildman–Crippen MR) is 148 cm³/mol. The maximum Gasteiger partial charge on any atom is 0.335 e. The van der Waals surface area contributed by atoms with Crippen LogP contribution < -0.4 is 19.7 Å². The molecule has 0 bridgehead atoms. The van der Waals surface area contributed by atoms with Crippen LogP contribution in [-0.4, -0.2) is 24.5 Å². The van der Waals surface area contributed by atoms with Crippen molar-refractivity contribution in [3.8, 4) is 11.5 Å². The van der Waals surface area contributed by atoms with Crippen molar-refractivity contribution in [3.63, 3.8) is 0 Å². The average molecular weight is 574 g/mol. The highest BCUT2D eigenvalue weighted by molar-refractivity contribution is 6.42. The van der Waals surface area contributed by atoms with E-state index in [2.05, 4.69) is 5.32 Å². The third-order valence-corrected chi connectivity index (χ3v) is 6.88. The number of urea groups is 1. The molecule has 38 heavy (non-hydrogen) atoms. The molecule has 3 aromatic carbocycles. The zero-order valence-corrected chi connectivity index (χ0v) is 23.0. The topological polar surface area (TPSA) is 84.9 Å². The molecule has 1 saturated heterocycles. The number of aryl methyl sites for hydroxylation is 2. The molecular weight excluding hydrogens is 551 g/mol. The summed E-state index contributed by atoms with van der Waals surface area (Å²) in [5.74, 6) is -0.962. The molecule has 1 N–H and O–H groups in total. The van der Waals surface area contributed by atoms with E-state index < -0.39 is 17.8 Å². The Morgan fingerprint density at radius 1 is 0.868 bits per heavy atom. The number of amides is 4.